The van der Waals surface area contributed by atoms with Gasteiger partial charge < -0.3 is 31.5 Å². The topological polar surface area (TPSA) is 214 Å². The number of nitrogens with one attached hydrogen (secondary N) is 4. The number of nitrogens with zero attached hydrogens (tertiary/aromatic N) is 3. The van der Waals surface area contributed by atoms with Crippen LogP contribution in [0.2, 0.25) is 0 Å². The first-order chi connectivity index (χ1) is 18.3. The van der Waals surface area contributed by atoms with E-state index in [2.05, 4.69) is 58.5 Å². The van der Waals surface area contributed by atoms with E-state index in [1.54, 1.807) is 12.1 Å². The number of ether oxygens (including phenoxy) is 1. The summed E-state index contributed by atoms with van der Waals surface area (Å²) >= 11 is 2.18. The van der Waals surface area contributed by atoms with Gasteiger partial charge in [0.15, 0.2) is 11.2 Å². The van der Waals surface area contributed by atoms with Crippen molar-refractivity contribution in [3.8, 4) is 0 Å². The molecule has 0 aliphatic carbocycles. The lowest BCUT2D eigenvalue weighted by atomic mass is 10.1. The van der Waals surface area contributed by atoms with Gasteiger partial charge in [-0.1, -0.05) is 22.6 Å². The van der Waals surface area contributed by atoms with Gasteiger partial charge in [0.1, 0.15) is 6.04 Å². The van der Waals surface area contributed by atoms with Crippen molar-refractivity contribution in [1.82, 2.24) is 30.6 Å². The largest absolute Gasteiger partial charge is 0.480 e. The second kappa shape index (κ2) is 14.2. The van der Waals surface area contributed by atoms with Crippen LogP contribution in [0.15, 0.2) is 35.3 Å². The summed E-state index contributed by atoms with van der Waals surface area (Å²) in [6.45, 7) is 1.54. The van der Waals surface area contributed by atoms with Gasteiger partial charge in [0.25, 0.3) is 11.5 Å². The van der Waals surface area contributed by atoms with Gasteiger partial charge in [-0.2, -0.15) is 4.98 Å². The SMILES string of the molecule is Nc1nc2ncc(CNc3ccc(C(=O)N[C@@H](CCC(=O)NCCOCCI)C(=O)O)cc3)nc2c(=O)[nH]1. The molecule has 38 heavy (non-hydrogen) atoms. The summed E-state index contributed by atoms with van der Waals surface area (Å²) in [6, 6.07) is 5.12. The second-order valence-electron chi connectivity index (χ2n) is 7.97. The minimum absolute atomic E-state index is 0.0459. The Morgan fingerprint density at radius 3 is 2.63 bits per heavy atom. The quantitative estimate of drug-likeness (QED) is 0.0810. The number of hydrogen-bond acceptors (Lipinski definition) is 10. The number of nitrogen functional groups attached to an aromatic ring is 1. The Bertz CT molecular complexity index is 1330. The van der Waals surface area contributed by atoms with Crippen LogP contribution >= 0.6 is 22.6 Å². The Balaban J connectivity index is 1.50. The zero-order valence-electron chi connectivity index (χ0n) is 20.2. The van der Waals surface area contributed by atoms with E-state index in [0.717, 1.165) is 4.43 Å². The number of carbonyl (C=O) groups excluding carboxylic acids is 2. The van der Waals surface area contributed by atoms with Crippen molar-refractivity contribution in [3.63, 3.8) is 0 Å². The van der Waals surface area contributed by atoms with Crippen molar-refractivity contribution in [3.05, 3.63) is 52.1 Å². The third kappa shape index (κ3) is 8.62. The second-order valence-corrected chi connectivity index (χ2v) is 9.05. The van der Waals surface area contributed by atoms with Crippen molar-refractivity contribution >= 4 is 63.2 Å². The average molecular weight is 638 g/mol. The highest BCUT2D eigenvalue weighted by atomic mass is 127. The number of amides is 2. The van der Waals surface area contributed by atoms with Gasteiger partial charge in [-0.25, -0.2) is 14.8 Å². The van der Waals surface area contributed by atoms with Crippen LogP contribution in [0.25, 0.3) is 11.2 Å². The molecular weight excluding hydrogens is 611 g/mol. The van der Waals surface area contributed by atoms with Crippen molar-refractivity contribution < 1.29 is 24.2 Å². The molecule has 0 saturated heterocycles. The fourth-order valence-electron chi connectivity index (χ4n) is 3.27. The van der Waals surface area contributed by atoms with E-state index >= 15 is 0 Å². The maximum absolute atomic E-state index is 12.6. The molecular formula is C23H27IN8O6. The molecule has 0 bridgehead atoms. The summed E-state index contributed by atoms with van der Waals surface area (Å²) in [7, 11) is 0. The summed E-state index contributed by atoms with van der Waals surface area (Å²) in [4.78, 5) is 62.7. The maximum Gasteiger partial charge on any atom is 0.326 e. The van der Waals surface area contributed by atoms with E-state index in [-0.39, 0.29) is 48.0 Å². The summed E-state index contributed by atoms with van der Waals surface area (Å²) in [5.74, 6) is -2.18. The predicted octanol–water partition coefficient (Wildman–Crippen LogP) is 0.438. The highest BCUT2D eigenvalue weighted by Crippen LogP contribution is 2.12. The summed E-state index contributed by atoms with van der Waals surface area (Å²) in [6.07, 6.45) is 1.35. The van der Waals surface area contributed by atoms with Crippen LogP contribution in [-0.4, -0.2) is 73.1 Å². The minimum Gasteiger partial charge on any atom is -0.480 e. The number of halogens is 1. The number of nitrogens with two attached hydrogens (primary N) is 1. The first kappa shape index (κ1) is 28.7. The maximum atomic E-state index is 12.6. The van der Waals surface area contributed by atoms with Gasteiger partial charge in [0.05, 0.1) is 31.6 Å². The van der Waals surface area contributed by atoms with Gasteiger partial charge in [-0.15, -0.1) is 0 Å². The van der Waals surface area contributed by atoms with E-state index in [1.165, 1.54) is 18.3 Å². The number of carbonyl (C=O) groups is 3. The third-order valence-electron chi connectivity index (χ3n) is 5.16. The molecule has 0 saturated carbocycles. The van der Waals surface area contributed by atoms with E-state index < -0.39 is 23.5 Å². The summed E-state index contributed by atoms with van der Waals surface area (Å²) in [5, 5.41) is 17.7. The number of carboxylic acid groups (broad SMARTS) is 1. The Morgan fingerprint density at radius 2 is 1.92 bits per heavy atom. The number of benzene rings is 1. The number of H-pyrrole nitrogens is 1. The molecule has 0 aliphatic heterocycles. The lowest BCUT2D eigenvalue weighted by Gasteiger charge is -2.15. The van der Waals surface area contributed by atoms with E-state index in [4.69, 9.17) is 10.5 Å². The van der Waals surface area contributed by atoms with Gasteiger partial charge in [-0.05, 0) is 30.7 Å². The number of aliphatic carboxylic acids is 1. The first-order valence-corrected chi connectivity index (χ1v) is 13.1. The number of aromatic nitrogens is 4. The standard InChI is InChI=1S/C23H27IN8O6/c24-7-9-38-10-8-26-17(33)6-5-16(22(36)37)30-20(34)13-1-3-14(4-2-13)27-11-15-12-28-19-18(29-15)21(35)32-23(25)31-19/h1-4,12,16,27H,5-11H2,(H,26,33)(H,30,34)(H,36,37)(H3,25,28,31,32,35)/t16-/m0/s1. The molecule has 0 spiro atoms. The number of carboxylic acids is 1. The molecule has 202 valence electrons. The van der Waals surface area contributed by atoms with Crippen molar-refractivity contribution in [2.45, 2.75) is 25.4 Å². The molecule has 1 atom stereocenters. The summed E-state index contributed by atoms with van der Waals surface area (Å²) in [5.41, 5.74) is 6.61. The molecule has 0 fully saturated rings. The number of hydrogen-bond donors (Lipinski definition) is 6. The van der Waals surface area contributed by atoms with E-state index in [0.29, 0.717) is 31.1 Å². The monoisotopic (exact) mass is 638 g/mol. The van der Waals surface area contributed by atoms with Crippen molar-refractivity contribution in [2.75, 3.05) is 35.2 Å². The summed E-state index contributed by atoms with van der Waals surface area (Å²) < 4.78 is 6.12. The number of rotatable bonds is 14. The molecule has 7 N–H and O–H groups in total. The molecule has 2 heterocycles. The lowest BCUT2D eigenvalue weighted by molar-refractivity contribution is -0.139. The van der Waals surface area contributed by atoms with Crippen LogP contribution in [0.1, 0.15) is 28.9 Å². The Hall–Kier alpha value is -3.86. The van der Waals surface area contributed by atoms with Crippen LogP contribution in [0.3, 0.4) is 0 Å². The van der Waals surface area contributed by atoms with Crippen molar-refractivity contribution in [1.29, 1.82) is 0 Å². The van der Waals surface area contributed by atoms with Gasteiger partial charge >= 0.3 is 5.97 Å². The molecule has 3 rings (SSSR count). The van der Waals surface area contributed by atoms with Crippen LogP contribution in [0.5, 0.6) is 0 Å². The molecule has 0 radical (unpaired) electrons. The Labute approximate surface area is 230 Å². The fourth-order valence-corrected chi connectivity index (χ4v) is 3.58. The third-order valence-corrected chi connectivity index (χ3v) is 5.60. The molecule has 15 heteroatoms. The average Bonchev–Trinajstić information content (AvgIpc) is 2.89. The number of aromatic amines is 1. The van der Waals surface area contributed by atoms with Crippen LogP contribution in [0, 0.1) is 0 Å². The number of anilines is 2. The number of fused-ring (bicyclic) bond motifs is 1. The van der Waals surface area contributed by atoms with Crippen LogP contribution < -0.4 is 27.2 Å². The van der Waals surface area contributed by atoms with Gasteiger partial charge in [0, 0.05) is 28.6 Å². The molecule has 0 aliphatic rings. The molecule has 0 unspecified atom stereocenters. The van der Waals surface area contributed by atoms with Crippen molar-refractivity contribution in [2.24, 2.45) is 0 Å². The fraction of sp³-hybridized carbons (Fsp3) is 0.348. The van der Waals surface area contributed by atoms with E-state index in [1.807, 2.05) is 0 Å². The molecule has 2 amide bonds. The Kier molecular flexibility index (Phi) is 10.7. The van der Waals surface area contributed by atoms with Crippen LogP contribution in [-0.2, 0) is 20.9 Å². The smallest absolute Gasteiger partial charge is 0.326 e. The van der Waals surface area contributed by atoms with Crippen LogP contribution in [0.4, 0.5) is 11.6 Å². The molecule has 14 nitrogen and oxygen atoms in total. The van der Waals surface area contributed by atoms with Gasteiger partial charge in [0.2, 0.25) is 11.9 Å². The molecule has 1 aromatic carbocycles. The Morgan fingerprint density at radius 1 is 1.16 bits per heavy atom. The normalized spacial score (nSPS) is 11.6. The minimum atomic E-state index is -1.23. The molecule has 3 aromatic rings. The highest BCUT2D eigenvalue weighted by molar-refractivity contribution is 14.1. The predicted molar refractivity (Wildman–Crippen MR) is 147 cm³/mol. The lowest BCUT2D eigenvalue weighted by Crippen LogP contribution is -2.41. The first-order valence-electron chi connectivity index (χ1n) is 11.6. The molecule has 2 aromatic heterocycles. The number of alkyl halides is 1. The van der Waals surface area contributed by atoms with E-state index in [9.17, 15) is 24.3 Å². The zero-order chi connectivity index (χ0) is 27.5. The zero-order valence-corrected chi connectivity index (χ0v) is 22.4. The van der Waals surface area contributed by atoms with Gasteiger partial charge in [-0.3, -0.25) is 19.4 Å². The highest BCUT2D eigenvalue weighted by Gasteiger charge is 2.21.